The first kappa shape index (κ1) is 13.4. The molecule has 1 aromatic carbocycles. The van der Waals surface area contributed by atoms with Crippen LogP contribution in [0.4, 0.5) is 4.79 Å². The molecule has 1 amide bonds. The molecule has 0 aliphatic carbocycles. The standard InChI is InChI=1S/C16H22N2O2/c1-17(16(19)20-2)13-8-10-18-9-7-12-5-3-4-6-14(12)15(18)11-13/h3-6,13,15H,7-11H2,1-2H3/t13-,15+/m1/s1. The van der Waals surface area contributed by atoms with E-state index in [9.17, 15) is 4.79 Å². The molecule has 0 aromatic heterocycles. The van der Waals surface area contributed by atoms with Gasteiger partial charge >= 0.3 is 6.09 Å². The Balaban J connectivity index is 1.80. The second kappa shape index (κ2) is 5.44. The average Bonchev–Trinajstić information content (AvgIpc) is 2.52. The number of carbonyl (C=O) groups is 1. The van der Waals surface area contributed by atoms with Crippen molar-refractivity contribution in [2.75, 3.05) is 27.2 Å². The van der Waals surface area contributed by atoms with E-state index >= 15 is 0 Å². The van der Waals surface area contributed by atoms with Crippen molar-refractivity contribution in [1.82, 2.24) is 9.80 Å². The summed E-state index contributed by atoms with van der Waals surface area (Å²) in [6.07, 6.45) is 2.95. The topological polar surface area (TPSA) is 32.8 Å². The fraction of sp³-hybridized carbons (Fsp3) is 0.562. The number of carbonyl (C=O) groups excluding carboxylic acids is 1. The molecule has 0 radical (unpaired) electrons. The molecule has 3 rings (SSSR count). The van der Waals surface area contributed by atoms with Crippen LogP contribution in [0, 0.1) is 0 Å². The third-order valence-corrected chi connectivity index (χ3v) is 4.78. The summed E-state index contributed by atoms with van der Waals surface area (Å²) in [6, 6.07) is 9.44. The molecule has 0 bridgehead atoms. The van der Waals surface area contributed by atoms with Gasteiger partial charge in [-0.25, -0.2) is 4.79 Å². The number of amides is 1. The number of benzene rings is 1. The minimum absolute atomic E-state index is 0.229. The van der Waals surface area contributed by atoms with Crippen molar-refractivity contribution in [3.8, 4) is 0 Å². The second-order valence-electron chi connectivity index (χ2n) is 5.76. The van der Waals surface area contributed by atoms with E-state index in [1.165, 1.54) is 18.2 Å². The summed E-state index contributed by atoms with van der Waals surface area (Å²) in [5.41, 5.74) is 2.91. The Morgan fingerprint density at radius 3 is 2.95 bits per heavy atom. The molecule has 4 heteroatoms. The predicted molar refractivity (Wildman–Crippen MR) is 77.7 cm³/mol. The quantitative estimate of drug-likeness (QED) is 0.788. The monoisotopic (exact) mass is 274 g/mol. The summed E-state index contributed by atoms with van der Waals surface area (Å²) in [5, 5.41) is 0. The first-order chi connectivity index (χ1) is 9.70. The number of nitrogens with zero attached hydrogens (tertiary/aromatic N) is 2. The van der Waals surface area contributed by atoms with Crippen LogP contribution in [0.1, 0.15) is 30.0 Å². The molecule has 2 aliphatic heterocycles. The molecule has 2 atom stereocenters. The highest BCUT2D eigenvalue weighted by Gasteiger charge is 2.35. The van der Waals surface area contributed by atoms with Gasteiger partial charge in [0.15, 0.2) is 0 Å². The third-order valence-electron chi connectivity index (χ3n) is 4.78. The van der Waals surface area contributed by atoms with Crippen LogP contribution in [-0.2, 0) is 11.2 Å². The number of rotatable bonds is 1. The number of fused-ring (bicyclic) bond motifs is 3. The van der Waals surface area contributed by atoms with Crippen molar-refractivity contribution in [3.63, 3.8) is 0 Å². The van der Waals surface area contributed by atoms with Crippen molar-refractivity contribution in [2.45, 2.75) is 31.3 Å². The van der Waals surface area contributed by atoms with E-state index in [2.05, 4.69) is 29.2 Å². The molecule has 20 heavy (non-hydrogen) atoms. The fourth-order valence-corrected chi connectivity index (χ4v) is 3.58. The molecule has 2 aliphatic rings. The van der Waals surface area contributed by atoms with Gasteiger partial charge < -0.3 is 9.64 Å². The van der Waals surface area contributed by atoms with E-state index in [4.69, 9.17) is 4.74 Å². The second-order valence-corrected chi connectivity index (χ2v) is 5.76. The van der Waals surface area contributed by atoms with Crippen molar-refractivity contribution in [2.24, 2.45) is 0 Å². The first-order valence-electron chi connectivity index (χ1n) is 7.33. The smallest absolute Gasteiger partial charge is 0.409 e. The molecule has 108 valence electrons. The van der Waals surface area contributed by atoms with E-state index in [0.717, 1.165) is 32.4 Å². The molecule has 0 saturated carbocycles. The SMILES string of the molecule is COC(=O)N(C)[C@@H]1CCN2CCc3ccccc3[C@@H]2C1. The van der Waals surface area contributed by atoms with Gasteiger partial charge in [0.2, 0.25) is 0 Å². The molecular formula is C16H22N2O2. The van der Waals surface area contributed by atoms with E-state index in [-0.39, 0.29) is 12.1 Å². The van der Waals surface area contributed by atoms with E-state index in [1.807, 2.05) is 7.05 Å². The zero-order chi connectivity index (χ0) is 14.1. The molecule has 4 nitrogen and oxygen atoms in total. The first-order valence-corrected chi connectivity index (χ1v) is 7.33. The van der Waals surface area contributed by atoms with Crippen LogP contribution in [0.3, 0.4) is 0 Å². The lowest BCUT2D eigenvalue weighted by molar-refractivity contribution is 0.0606. The van der Waals surface area contributed by atoms with Crippen LogP contribution in [0.25, 0.3) is 0 Å². The molecule has 0 unspecified atom stereocenters. The van der Waals surface area contributed by atoms with Crippen LogP contribution in [0.2, 0.25) is 0 Å². The highest BCUT2D eigenvalue weighted by Crippen LogP contribution is 2.37. The molecule has 1 fully saturated rings. The molecular weight excluding hydrogens is 252 g/mol. The average molecular weight is 274 g/mol. The number of hydrogen-bond donors (Lipinski definition) is 0. The minimum atomic E-state index is -0.229. The highest BCUT2D eigenvalue weighted by molar-refractivity contribution is 5.67. The van der Waals surface area contributed by atoms with Crippen molar-refractivity contribution in [1.29, 1.82) is 0 Å². The maximum Gasteiger partial charge on any atom is 0.409 e. The zero-order valence-electron chi connectivity index (χ0n) is 12.2. The van der Waals surface area contributed by atoms with Gasteiger partial charge in [-0.3, -0.25) is 4.90 Å². The zero-order valence-corrected chi connectivity index (χ0v) is 12.2. The number of hydrogen-bond acceptors (Lipinski definition) is 3. The Kier molecular flexibility index (Phi) is 3.66. The number of piperidine rings is 1. The largest absolute Gasteiger partial charge is 0.453 e. The molecule has 0 N–H and O–H groups in total. The third kappa shape index (κ3) is 2.29. The summed E-state index contributed by atoms with van der Waals surface area (Å²) < 4.78 is 4.84. The maximum absolute atomic E-state index is 11.7. The van der Waals surface area contributed by atoms with Gasteiger partial charge in [0, 0.05) is 32.2 Å². The van der Waals surface area contributed by atoms with E-state index < -0.39 is 0 Å². The maximum atomic E-state index is 11.7. The van der Waals surface area contributed by atoms with Gasteiger partial charge in [0.1, 0.15) is 0 Å². The Hall–Kier alpha value is -1.55. The normalized spacial score (nSPS) is 25.5. The summed E-state index contributed by atoms with van der Waals surface area (Å²) >= 11 is 0. The highest BCUT2D eigenvalue weighted by atomic mass is 16.5. The minimum Gasteiger partial charge on any atom is -0.453 e. The molecule has 1 aromatic rings. The van der Waals surface area contributed by atoms with Gasteiger partial charge in [-0.15, -0.1) is 0 Å². The van der Waals surface area contributed by atoms with Gasteiger partial charge in [-0.1, -0.05) is 24.3 Å². The Labute approximate surface area is 120 Å². The molecule has 2 heterocycles. The molecule has 0 spiro atoms. The van der Waals surface area contributed by atoms with Crippen LogP contribution in [0.15, 0.2) is 24.3 Å². The summed E-state index contributed by atoms with van der Waals surface area (Å²) in [6.45, 7) is 2.20. The van der Waals surface area contributed by atoms with Crippen LogP contribution < -0.4 is 0 Å². The van der Waals surface area contributed by atoms with Crippen molar-refractivity contribution >= 4 is 6.09 Å². The van der Waals surface area contributed by atoms with Gasteiger partial charge in [-0.2, -0.15) is 0 Å². The van der Waals surface area contributed by atoms with Gasteiger partial charge in [0.25, 0.3) is 0 Å². The van der Waals surface area contributed by atoms with Crippen molar-refractivity contribution in [3.05, 3.63) is 35.4 Å². The lowest BCUT2D eigenvalue weighted by atomic mass is 9.85. The Bertz CT molecular complexity index is 503. The Morgan fingerprint density at radius 1 is 1.35 bits per heavy atom. The fourth-order valence-electron chi connectivity index (χ4n) is 3.58. The lowest BCUT2D eigenvalue weighted by Crippen LogP contribution is -2.48. The Morgan fingerprint density at radius 2 is 2.15 bits per heavy atom. The van der Waals surface area contributed by atoms with Gasteiger partial charge in [-0.05, 0) is 30.4 Å². The lowest BCUT2D eigenvalue weighted by Gasteiger charge is -2.45. The summed E-state index contributed by atoms with van der Waals surface area (Å²) in [4.78, 5) is 16.0. The van der Waals surface area contributed by atoms with E-state index in [1.54, 1.807) is 4.90 Å². The van der Waals surface area contributed by atoms with Gasteiger partial charge in [0.05, 0.1) is 7.11 Å². The number of ether oxygens (including phenoxy) is 1. The summed E-state index contributed by atoms with van der Waals surface area (Å²) in [7, 11) is 3.30. The van der Waals surface area contributed by atoms with E-state index in [0.29, 0.717) is 6.04 Å². The summed E-state index contributed by atoms with van der Waals surface area (Å²) in [5.74, 6) is 0. The van der Waals surface area contributed by atoms with Crippen LogP contribution >= 0.6 is 0 Å². The van der Waals surface area contributed by atoms with Crippen molar-refractivity contribution < 1.29 is 9.53 Å². The van der Waals surface area contributed by atoms with Crippen LogP contribution in [-0.4, -0.2) is 49.2 Å². The van der Waals surface area contributed by atoms with Crippen LogP contribution in [0.5, 0.6) is 0 Å². The number of methoxy groups -OCH3 is 1. The molecule has 1 saturated heterocycles. The predicted octanol–water partition coefficient (Wildman–Crippen LogP) is 2.45.